The largest absolute Gasteiger partial charge is 0.455 e. The Morgan fingerprint density at radius 3 is 2.26 bits per heavy atom. The molecule has 0 aliphatic rings. The van der Waals surface area contributed by atoms with Gasteiger partial charge in [0.05, 0.1) is 18.0 Å². The molecule has 2 N–H and O–H groups in total. The first-order valence-electron chi connectivity index (χ1n) is 9.25. The Kier molecular flexibility index (Phi) is 7.56. The number of carbonyl (C=O) groups is 1. The van der Waals surface area contributed by atoms with Gasteiger partial charge >= 0.3 is 0 Å². The summed E-state index contributed by atoms with van der Waals surface area (Å²) >= 11 is 12.0. The van der Waals surface area contributed by atoms with E-state index in [1.807, 2.05) is 18.2 Å². The lowest BCUT2D eigenvalue weighted by molar-refractivity contribution is -0.116. The molecule has 0 bridgehead atoms. The molecule has 0 saturated carbocycles. The van der Waals surface area contributed by atoms with Crippen molar-refractivity contribution >= 4 is 44.8 Å². The van der Waals surface area contributed by atoms with E-state index in [9.17, 15) is 13.2 Å². The first kappa shape index (κ1) is 23.1. The Hall–Kier alpha value is -2.58. The maximum atomic E-state index is 12.8. The average Bonchev–Trinajstić information content (AvgIpc) is 2.70. The van der Waals surface area contributed by atoms with E-state index in [0.29, 0.717) is 32.8 Å². The fraction of sp³-hybridized carbons (Fsp3) is 0.136. The summed E-state index contributed by atoms with van der Waals surface area (Å²) < 4.78 is 32.0. The Bertz CT molecular complexity index is 1150. The van der Waals surface area contributed by atoms with Gasteiger partial charge in [0, 0.05) is 16.5 Å². The number of rotatable bonds is 8. The molecule has 0 heterocycles. The highest BCUT2D eigenvalue weighted by atomic mass is 35.5. The number of nitrogens with one attached hydrogen (secondary N) is 2. The zero-order valence-electron chi connectivity index (χ0n) is 16.5. The van der Waals surface area contributed by atoms with Crippen molar-refractivity contribution in [1.29, 1.82) is 0 Å². The third-order valence-corrected chi connectivity index (χ3v) is 5.40. The average molecular weight is 479 g/mol. The van der Waals surface area contributed by atoms with E-state index < -0.39 is 22.0 Å². The number of ether oxygens (including phenoxy) is 1. The second-order valence-electron chi connectivity index (χ2n) is 6.80. The minimum Gasteiger partial charge on any atom is -0.455 e. The van der Waals surface area contributed by atoms with Crippen molar-refractivity contribution in [3.8, 4) is 11.5 Å². The molecule has 6 nitrogen and oxygen atoms in total. The second kappa shape index (κ2) is 10.2. The number of amides is 1. The fourth-order valence-corrected chi connectivity index (χ4v) is 3.91. The number of anilines is 1. The standard InChI is InChI=1S/C22H20Cl2N2O4S/c1-31(28,29)26-19(15-7-9-16(23)10-8-15)14-22(27)25-20-13-17(24)11-12-21(20)30-18-5-3-2-4-6-18/h2-13,19,26H,14H2,1H3,(H,25,27). The maximum absolute atomic E-state index is 12.8. The van der Waals surface area contributed by atoms with Crippen LogP contribution in [-0.4, -0.2) is 20.6 Å². The van der Waals surface area contributed by atoms with E-state index in [4.69, 9.17) is 27.9 Å². The molecule has 3 rings (SSSR count). The zero-order chi connectivity index (χ0) is 22.4. The van der Waals surface area contributed by atoms with Crippen molar-refractivity contribution in [2.24, 2.45) is 0 Å². The molecule has 1 unspecified atom stereocenters. The molecule has 9 heteroatoms. The van der Waals surface area contributed by atoms with Gasteiger partial charge < -0.3 is 10.1 Å². The number of benzene rings is 3. The lowest BCUT2D eigenvalue weighted by Gasteiger charge is -2.19. The van der Waals surface area contributed by atoms with Gasteiger partial charge in [0.15, 0.2) is 5.75 Å². The predicted octanol–water partition coefficient (Wildman–Crippen LogP) is 5.40. The summed E-state index contributed by atoms with van der Waals surface area (Å²) in [6.07, 6.45) is 0.891. The molecular formula is C22H20Cl2N2O4S. The van der Waals surface area contributed by atoms with Crippen molar-refractivity contribution in [1.82, 2.24) is 4.72 Å². The van der Waals surface area contributed by atoms with Crippen LogP contribution in [0.3, 0.4) is 0 Å². The predicted molar refractivity (Wildman–Crippen MR) is 123 cm³/mol. The zero-order valence-corrected chi connectivity index (χ0v) is 18.8. The first-order chi connectivity index (χ1) is 14.7. The van der Waals surface area contributed by atoms with Crippen molar-refractivity contribution in [2.45, 2.75) is 12.5 Å². The number of halogens is 2. The number of para-hydroxylation sites is 1. The number of hydrogen-bond acceptors (Lipinski definition) is 4. The normalized spacial score (nSPS) is 12.2. The van der Waals surface area contributed by atoms with Crippen LogP contribution >= 0.6 is 23.2 Å². The molecule has 0 radical (unpaired) electrons. The third-order valence-electron chi connectivity index (χ3n) is 4.20. The van der Waals surface area contributed by atoms with Gasteiger partial charge in [-0.05, 0) is 48.0 Å². The topological polar surface area (TPSA) is 84.5 Å². The van der Waals surface area contributed by atoms with Gasteiger partial charge in [-0.3, -0.25) is 4.79 Å². The maximum Gasteiger partial charge on any atom is 0.226 e. The Morgan fingerprint density at radius 2 is 1.61 bits per heavy atom. The number of carbonyl (C=O) groups excluding carboxylic acids is 1. The fourth-order valence-electron chi connectivity index (χ4n) is 2.87. The van der Waals surface area contributed by atoms with E-state index in [-0.39, 0.29) is 6.42 Å². The van der Waals surface area contributed by atoms with Crippen molar-refractivity contribution < 1.29 is 17.9 Å². The molecule has 3 aromatic rings. The van der Waals surface area contributed by atoms with Gasteiger partial charge in [-0.2, -0.15) is 0 Å². The molecule has 31 heavy (non-hydrogen) atoms. The van der Waals surface area contributed by atoms with Crippen LogP contribution in [-0.2, 0) is 14.8 Å². The lowest BCUT2D eigenvalue weighted by Crippen LogP contribution is -2.30. The third kappa shape index (κ3) is 7.25. The SMILES string of the molecule is CS(=O)(=O)NC(CC(=O)Nc1cc(Cl)ccc1Oc1ccccc1)c1ccc(Cl)cc1. The molecule has 1 amide bonds. The summed E-state index contributed by atoms with van der Waals surface area (Å²) in [5.74, 6) is 0.581. The van der Waals surface area contributed by atoms with Crippen LogP contribution in [0.15, 0.2) is 72.8 Å². The molecule has 0 aromatic heterocycles. The van der Waals surface area contributed by atoms with Gasteiger partial charge in [-0.25, -0.2) is 13.1 Å². The summed E-state index contributed by atoms with van der Waals surface area (Å²) in [5, 5.41) is 3.68. The molecule has 1 atom stereocenters. The molecule has 0 aliphatic carbocycles. The van der Waals surface area contributed by atoms with Crippen LogP contribution in [0.5, 0.6) is 11.5 Å². The summed E-state index contributed by atoms with van der Waals surface area (Å²) in [5.41, 5.74) is 0.979. The lowest BCUT2D eigenvalue weighted by atomic mass is 10.0. The monoisotopic (exact) mass is 478 g/mol. The van der Waals surface area contributed by atoms with Crippen LogP contribution in [0.4, 0.5) is 5.69 Å². The van der Waals surface area contributed by atoms with Crippen molar-refractivity contribution in [2.75, 3.05) is 11.6 Å². The summed E-state index contributed by atoms with van der Waals surface area (Å²) in [4.78, 5) is 12.8. The molecule has 0 saturated heterocycles. The highest BCUT2D eigenvalue weighted by Gasteiger charge is 2.21. The molecule has 3 aromatic carbocycles. The van der Waals surface area contributed by atoms with Crippen molar-refractivity contribution in [3.63, 3.8) is 0 Å². The highest BCUT2D eigenvalue weighted by molar-refractivity contribution is 7.88. The quantitative estimate of drug-likeness (QED) is 0.453. The van der Waals surface area contributed by atoms with Gasteiger partial charge in [0.2, 0.25) is 15.9 Å². The van der Waals surface area contributed by atoms with E-state index in [0.717, 1.165) is 6.26 Å². The summed E-state index contributed by atoms with van der Waals surface area (Å²) in [6.45, 7) is 0. The Labute approximate surface area is 191 Å². The molecule has 162 valence electrons. The minimum atomic E-state index is -3.56. The molecule has 0 spiro atoms. The van der Waals surface area contributed by atoms with Gasteiger partial charge in [-0.1, -0.05) is 53.5 Å². The van der Waals surface area contributed by atoms with E-state index >= 15 is 0 Å². The molecule has 0 aliphatic heterocycles. The summed E-state index contributed by atoms with van der Waals surface area (Å²) in [7, 11) is -3.56. The van der Waals surface area contributed by atoms with Gasteiger partial charge in [-0.15, -0.1) is 0 Å². The minimum absolute atomic E-state index is 0.147. The molecular weight excluding hydrogens is 459 g/mol. The van der Waals surface area contributed by atoms with Gasteiger partial charge in [0.25, 0.3) is 0 Å². The van der Waals surface area contributed by atoms with E-state index in [1.165, 1.54) is 0 Å². The second-order valence-corrected chi connectivity index (χ2v) is 9.45. The summed E-state index contributed by atoms with van der Waals surface area (Å²) in [6, 6.07) is 19.8. The number of hydrogen-bond donors (Lipinski definition) is 2. The van der Waals surface area contributed by atoms with Crippen LogP contribution in [0, 0.1) is 0 Å². The van der Waals surface area contributed by atoms with Crippen LogP contribution < -0.4 is 14.8 Å². The smallest absolute Gasteiger partial charge is 0.226 e. The molecule has 0 fully saturated rings. The van der Waals surface area contributed by atoms with Crippen LogP contribution in [0.2, 0.25) is 10.0 Å². The highest BCUT2D eigenvalue weighted by Crippen LogP contribution is 2.32. The Balaban J connectivity index is 1.80. The first-order valence-corrected chi connectivity index (χ1v) is 11.9. The van der Waals surface area contributed by atoms with Crippen LogP contribution in [0.25, 0.3) is 0 Å². The Morgan fingerprint density at radius 1 is 0.968 bits per heavy atom. The van der Waals surface area contributed by atoms with Crippen LogP contribution in [0.1, 0.15) is 18.0 Å². The van der Waals surface area contributed by atoms with E-state index in [1.54, 1.807) is 54.6 Å². The van der Waals surface area contributed by atoms with Gasteiger partial charge in [0.1, 0.15) is 5.75 Å². The van der Waals surface area contributed by atoms with Crippen molar-refractivity contribution in [3.05, 3.63) is 88.4 Å². The van der Waals surface area contributed by atoms with E-state index in [2.05, 4.69) is 10.0 Å². The number of sulfonamides is 1.